The van der Waals surface area contributed by atoms with Crippen molar-refractivity contribution in [2.75, 3.05) is 16.3 Å². The normalized spacial score (nSPS) is 16.5. The van der Waals surface area contributed by atoms with E-state index < -0.39 is 0 Å². The number of aromatic amines is 1. The van der Waals surface area contributed by atoms with Crippen LogP contribution in [0.2, 0.25) is 0 Å². The molecule has 7 nitrogen and oxygen atoms in total. The van der Waals surface area contributed by atoms with Crippen LogP contribution in [0, 0.1) is 0 Å². The van der Waals surface area contributed by atoms with E-state index in [9.17, 15) is 9.59 Å². The Balaban J connectivity index is 1.85. The van der Waals surface area contributed by atoms with Gasteiger partial charge in [-0.3, -0.25) is 14.7 Å². The van der Waals surface area contributed by atoms with E-state index in [0.29, 0.717) is 17.9 Å². The maximum Gasteiger partial charge on any atom is 0.294 e. The van der Waals surface area contributed by atoms with Gasteiger partial charge in [-0.25, -0.2) is 0 Å². The number of nitrogens with one attached hydrogen (secondary N) is 1. The second-order valence-electron chi connectivity index (χ2n) is 6.30. The number of nitrogens with zero attached hydrogens (tertiary/aromatic N) is 3. The zero-order valence-electron chi connectivity index (χ0n) is 14.5. The van der Waals surface area contributed by atoms with Gasteiger partial charge in [0.15, 0.2) is 5.76 Å². The average Bonchev–Trinajstić information content (AvgIpc) is 3.33. The van der Waals surface area contributed by atoms with E-state index in [2.05, 4.69) is 10.2 Å². The van der Waals surface area contributed by atoms with Crippen molar-refractivity contribution in [2.24, 2.45) is 0 Å². The Morgan fingerprint density at radius 1 is 1.23 bits per heavy atom. The Hall–Kier alpha value is -3.35. The van der Waals surface area contributed by atoms with Crippen molar-refractivity contribution in [3.05, 3.63) is 54.6 Å². The van der Waals surface area contributed by atoms with Crippen LogP contribution in [0.15, 0.2) is 53.3 Å². The molecule has 26 heavy (non-hydrogen) atoms. The largest absolute Gasteiger partial charge is 0.459 e. The minimum atomic E-state index is -0.229. The predicted octanol–water partition coefficient (Wildman–Crippen LogP) is 3.07. The maximum absolute atomic E-state index is 13.0. The third kappa shape index (κ3) is 2.57. The molecular formula is C19H18N4O3. The van der Waals surface area contributed by atoms with Gasteiger partial charge in [0.2, 0.25) is 5.91 Å². The Morgan fingerprint density at radius 2 is 2.08 bits per heavy atom. The molecule has 2 aromatic heterocycles. The van der Waals surface area contributed by atoms with Crippen LogP contribution < -0.4 is 9.80 Å². The van der Waals surface area contributed by atoms with E-state index in [-0.39, 0.29) is 23.6 Å². The Kier molecular flexibility index (Phi) is 3.84. The molecule has 0 saturated heterocycles. The van der Waals surface area contributed by atoms with E-state index in [4.69, 9.17) is 4.42 Å². The number of benzene rings is 1. The second-order valence-corrected chi connectivity index (χ2v) is 6.30. The number of H-pyrrole nitrogens is 1. The molecule has 0 radical (unpaired) electrons. The molecule has 0 saturated carbocycles. The summed E-state index contributed by atoms with van der Waals surface area (Å²) in [7, 11) is 0. The van der Waals surface area contributed by atoms with Gasteiger partial charge in [-0.1, -0.05) is 6.07 Å². The first-order valence-corrected chi connectivity index (χ1v) is 8.35. The number of furan rings is 1. The van der Waals surface area contributed by atoms with Crippen molar-refractivity contribution in [3.63, 3.8) is 0 Å². The van der Waals surface area contributed by atoms with E-state index in [0.717, 1.165) is 11.3 Å². The Bertz CT molecular complexity index is 947. The first kappa shape index (κ1) is 16.1. The zero-order chi connectivity index (χ0) is 18.3. The fourth-order valence-corrected chi connectivity index (χ4v) is 3.41. The standard InChI is InChI=1S/C19H18N4O3/c1-12-11-22(19(25)18-4-3-9-26-18)17-10-14(15-7-8-20-21-15)5-6-16(17)23(12)13(2)24/h3-10,12H,11H2,1-2H3,(H,20,21)/t12-/m0/s1. The topological polar surface area (TPSA) is 82.4 Å². The van der Waals surface area contributed by atoms with Gasteiger partial charge in [0, 0.05) is 25.2 Å². The lowest BCUT2D eigenvalue weighted by Crippen LogP contribution is -2.51. The molecule has 1 atom stereocenters. The third-order valence-electron chi connectivity index (χ3n) is 4.54. The molecule has 132 valence electrons. The van der Waals surface area contributed by atoms with Crippen molar-refractivity contribution in [1.29, 1.82) is 0 Å². The lowest BCUT2D eigenvalue weighted by molar-refractivity contribution is -0.117. The number of carbonyl (C=O) groups is 2. The lowest BCUT2D eigenvalue weighted by atomic mass is 10.0. The first-order chi connectivity index (χ1) is 12.6. The molecule has 3 aromatic rings. The summed E-state index contributed by atoms with van der Waals surface area (Å²) in [5, 5.41) is 6.90. The van der Waals surface area contributed by atoms with E-state index in [1.807, 2.05) is 31.2 Å². The smallest absolute Gasteiger partial charge is 0.294 e. The predicted molar refractivity (Wildman–Crippen MR) is 97.0 cm³/mol. The number of amides is 2. The maximum atomic E-state index is 13.0. The highest BCUT2D eigenvalue weighted by Gasteiger charge is 2.35. The molecule has 0 fully saturated rings. The molecule has 0 spiro atoms. The van der Waals surface area contributed by atoms with Gasteiger partial charge in [0.25, 0.3) is 5.91 Å². The van der Waals surface area contributed by atoms with Crippen LogP contribution in [-0.2, 0) is 4.79 Å². The Morgan fingerprint density at radius 3 is 2.73 bits per heavy atom. The molecule has 0 bridgehead atoms. The number of aromatic nitrogens is 2. The van der Waals surface area contributed by atoms with Crippen molar-refractivity contribution in [2.45, 2.75) is 19.9 Å². The van der Waals surface area contributed by atoms with Crippen molar-refractivity contribution in [1.82, 2.24) is 10.2 Å². The average molecular weight is 350 g/mol. The van der Waals surface area contributed by atoms with Crippen molar-refractivity contribution in [3.8, 4) is 11.3 Å². The first-order valence-electron chi connectivity index (χ1n) is 8.35. The highest BCUT2D eigenvalue weighted by atomic mass is 16.3. The fraction of sp³-hybridized carbons (Fsp3) is 0.211. The summed E-state index contributed by atoms with van der Waals surface area (Å²) in [5.41, 5.74) is 3.11. The van der Waals surface area contributed by atoms with Gasteiger partial charge in [-0.05, 0) is 37.3 Å². The zero-order valence-corrected chi connectivity index (χ0v) is 14.5. The highest BCUT2D eigenvalue weighted by molar-refractivity contribution is 6.09. The number of hydrogen-bond donors (Lipinski definition) is 1. The van der Waals surface area contributed by atoms with Gasteiger partial charge in [0.05, 0.1) is 29.4 Å². The van der Waals surface area contributed by atoms with E-state index in [1.54, 1.807) is 28.1 Å². The van der Waals surface area contributed by atoms with Gasteiger partial charge in [-0.15, -0.1) is 0 Å². The monoisotopic (exact) mass is 350 g/mol. The molecular weight excluding hydrogens is 332 g/mol. The SMILES string of the molecule is CC(=O)N1c2ccc(-c3ccn[nH]3)cc2N(C(=O)c2ccco2)C[C@@H]1C. The van der Waals surface area contributed by atoms with Crippen LogP contribution in [0.1, 0.15) is 24.4 Å². The van der Waals surface area contributed by atoms with Gasteiger partial charge in [-0.2, -0.15) is 5.10 Å². The molecule has 4 rings (SSSR count). The molecule has 7 heteroatoms. The molecule has 1 N–H and O–H groups in total. The van der Waals surface area contributed by atoms with Crippen molar-refractivity contribution >= 4 is 23.2 Å². The minimum Gasteiger partial charge on any atom is -0.459 e. The fourth-order valence-electron chi connectivity index (χ4n) is 3.41. The summed E-state index contributed by atoms with van der Waals surface area (Å²) in [6.07, 6.45) is 3.15. The summed E-state index contributed by atoms with van der Waals surface area (Å²) in [6, 6.07) is 10.7. The molecule has 2 amide bonds. The van der Waals surface area contributed by atoms with Gasteiger partial charge < -0.3 is 14.2 Å². The third-order valence-corrected chi connectivity index (χ3v) is 4.54. The van der Waals surface area contributed by atoms with Gasteiger partial charge in [0.1, 0.15) is 0 Å². The summed E-state index contributed by atoms with van der Waals surface area (Å²) in [4.78, 5) is 28.5. The summed E-state index contributed by atoms with van der Waals surface area (Å²) in [6.45, 7) is 3.85. The van der Waals surface area contributed by atoms with Crippen LogP contribution in [-0.4, -0.2) is 34.6 Å². The van der Waals surface area contributed by atoms with Crippen molar-refractivity contribution < 1.29 is 14.0 Å². The molecule has 1 aliphatic rings. The van der Waals surface area contributed by atoms with Crippen LogP contribution in [0.5, 0.6) is 0 Å². The minimum absolute atomic E-state index is 0.0573. The van der Waals surface area contributed by atoms with Crippen LogP contribution in [0.4, 0.5) is 11.4 Å². The highest BCUT2D eigenvalue weighted by Crippen LogP contribution is 2.39. The molecule has 3 heterocycles. The number of anilines is 2. The molecule has 1 aliphatic heterocycles. The number of carbonyl (C=O) groups excluding carboxylic acids is 2. The lowest BCUT2D eigenvalue weighted by Gasteiger charge is -2.40. The van der Waals surface area contributed by atoms with Gasteiger partial charge >= 0.3 is 0 Å². The van der Waals surface area contributed by atoms with Crippen LogP contribution >= 0.6 is 0 Å². The molecule has 0 aliphatic carbocycles. The number of hydrogen-bond acceptors (Lipinski definition) is 4. The second kappa shape index (κ2) is 6.18. The number of rotatable bonds is 2. The van der Waals surface area contributed by atoms with Crippen LogP contribution in [0.3, 0.4) is 0 Å². The Labute approximate surface area is 150 Å². The number of fused-ring (bicyclic) bond motifs is 1. The van der Waals surface area contributed by atoms with Crippen LogP contribution in [0.25, 0.3) is 11.3 Å². The molecule has 0 unspecified atom stereocenters. The van der Waals surface area contributed by atoms with E-state index in [1.165, 1.54) is 13.2 Å². The summed E-state index contributed by atoms with van der Waals surface area (Å²) in [5.74, 6) is -0.0161. The summed E-state index contributed by atoms with van der Waals surface area (Å²) < 4.78 is 5.29. The summed E-state index contributed by atoms with van der Waals surface area (Å²) >= 11 is 0. The quantitative estimate of drug-likeness (QED) is 0.770. The van der Waals surface area contributed by atoms with E-state index >= 15 is 0 Å². The molecule has 1 aromatic carbocycles.